The first-order valence-corrected chi connectivity index (χ1v) is 8.46. The smallest absolute Gasteiger partial charge is 0.338 e. The number of thioether (sulfide) groups is 1. The second-order valence-electron chi connectivity index (χ2n) is 4.86. The summed E-state index contributed by atoms with van der Waals surface area (Å²) in [6, 6.07) is 6.94. The zero-order valence-electron chi connectivity index (χ0n) is 12.8. The molecule has 0 N–H and O–H groups in total. The van der Waals surface area contributed by atoms with Crippen LogP contribution in [0.5, 0.6) is 0 Å². The van der Waals surface area contributed by atoms with E-state index >= 15 is 0 Å². The molecule has 0 saturated carbocycles. The first kappa shape index (κ1) is 17.7. The molecule has 25 heavy (non-hydrogen) atoms. The van der Waals surface area contributed by atoms with Gasteiger partial charge in [0.25, 0.3) is 0 Å². The van der Waals surface area contributed by atoms with Crippen molar-refractivity contribution in [3.8, 4) is 11.4 Å². The van der Waals surface area contributed by atoms with Gasteiger partial charge in [0.2, 0.25) is 17.5 Å². The van der Waals surface area contributed by atoms with E-state index in [1.807, 2.05) is 0 Å². The number of hydrogen-bond acceptors (Lipinski definition) is 6. The van der Waals surface area contributed by atoms with Gasteiger partial charge in [0, 0.05) is 17.1 Å². The van der Waals surface area contributed by atoms with E-state index in [-0.39, 0.29) is 23.3 Å². The van der Waals surface area contributed by atoms with E-state index in [4.69, 9.17) is 16.1 Å². The summed E-state index contributed by atoms with van der Waals surface area (Å²) < 4.78 is 44.7. The van der Waals surface area contributed by atoms with Crippen LogP contribution in [0, 0.1) is 0 Å². The largest absolute Gasteiger partial charge is 0.451 e. The van der Waals surface area contributed by atoms with Crippen LogP contribution in [0.3, 0.4) is 0 Å². The number of benzene rings is 1. The second-order valence-corrected chi connectivity index (χ2v) is 6.24. The van der Waals surface area contributed by atoms with Gasteiger partial charge < -0.3 is 4.52 Å². The summed E-state index contributed by atoms with van der Waals surface area (Å²) in [6.07, 6.45) is -4.55. The van der Waals surface area contributed by atoms with Crippen LogP contribution in [0.4, 0.5) is 13.2 Å². The fourth-order valence-electron chi connectivity index (χ4n) is 2.07. The molecule has 0 aliphatic rings. The Morgan fingerprint density at radius 3 is 2.76 bits per heavy atom. The van der Waals surface area contributed by atoms with Crippen LogP contribution < -0.4 is 0 Å². The van der Waals surface area contributed by atoms with E-state index in [1.165, 1.54) is 0 Å². The van der Waals surface area contributed by atoms with Crippen LogP contribution in [0.1, 0.15) is 18.6 Å². The van der Waals surface area contributed by atoms with Gasteiger partial charge in [0.15, 0.2) is 5.16 Å². The van der Waals surface area contributed by atoms with Crippen LogP contribution in [0.25, 0.3) is 11.4 Å². The Bertz CT molecular complexity index is 879. The van der Waals surface area contributed by atoms with Crippen molar-refractivity contribution in [2.24, 2.45) is 0 Å². The summed E-state index contributed by atoms with van der Waals surface area (Å²) in [5.41, 5.74) is 0.684. The maximum atomic E-state index is 12.9. The Balaban J connectivity index is 1.74. The molecule has 0 atom stereocenters. The van der Waals surface area contributed by atoms with Gasteiger partial charge in [-0.05, 0) is 19.1 Å². The van der Waals surface area contributed by atoms with E-state index in [1.54, 1.807) is 31.2 Å². The van der Waals surface area contributed by atoms with Crippen LogP contribution in [-0.4, -0.2) is 24.9 Å². The maximum absolute atomic E-state index is 12.9. The molecule has 0 aliphatic carbocycles. The van der Waals surface area contributed by atoms with Gasteiger partial charge >= 0.3 is 6.18 Å². The third-order valence-electron chi connectivity index (χ3n) is 3.16. The number of halogens is 4. The topological polar surface area (TPSA) is 69.6 Å². The van der Waals surface area contributed by atoms with E-state index in [9.17, 15) is 13.2 Å². The molecule has 2 aromatic heterocycles. The Kier molecular flexibility index (Phi) is 5.00. The van der Waals surface area contributed by atoms with Gasteiger partial charge in [-0.15, -0.1) is 10.2 Å². The van der Waals surface area contributed by atoms with Crippen LogP contribution in [-0.2, 0) is 18.5 Å². The minimum absolute atomic E-state index is 0.0990. The summed E-state index contributed by atoms with van der Waals surface area (Å²) in [4.78, 5) is 4.21. The summed E-state index contributed by atoms with van der Waals surface area (Å²) in [7, 11) is 0. The highest BCUT2D eigenvalue weighted by Gasteiger charge is 2.38. The Labute approximate surface area is 149 Å². The van der Waals surface area contributed by atoms with Gasteiger partial charge in [-0.2, -0.15) is 18.2 Å². The average Bonchev–Trinajstić information content (AvgIpc) is 3.19. The van der Waals surface area contributed by atoms with Crippen molar-refractivity contribution in [2.45, 2.75) is 30.6 Å². The first-order chi connectivity index (χ1) is 11.9. The molecular formula is C14H11ClF3N5OS. The highest BCUT2D eigenvalue weighted by atomic mass is 35.5. The van der Waals surface area contributed by atoms with Gasteiger partial charge in [-0.25, -0.2) is 0 Å². The lowest BCUT2D eigenvalue weighted by Crippen LogP contribution is -2.14. The number of hydrogen-bond donors (Lipinski definition) is 0. The predicted molar refractivity (Wildman–Crippen MR) is 85.0 cm³/mol. The molecule has 11 heteroatoms. The van der Waals surface area contributed by atoms with Crippen molar-refractivity contribution < 1.29 is 17.7 Å². The minimum atomic E-state index is -4.55. The molecule has 132 valence electrons. The van der Waals surface area contributed by atoms with Crippen LogP contribution in [0.2, 0.25) is 5.02 Å². The molecule has 0 fully saturated rings. The fraction of sp³-hybridized carbons (Fsp3) is 0.286. The third kappa shape index (κ3) is 3.96. The molecule has 6 nitrogen and oxygen atoms in total. The summed E-state index contributed by atoms with van der Waals surface area (Å²) in [6.45, 7) is 1.69. The van der Waals surface area contributed by atoms with Crippen LogP contribution in [0.15, 0.2) is 33.9 Å². The minimum Gasteiger partial charge on any atom is -0.338 e. The SMILES string of the molecule is CCn1c(SCc2nc(-c3cccc(Cl)c3)no2)nnc1C(F)(F)F. The zero-order chi connectivity index (χ0) is 18.0. The Morgan fingerprint density at radius 1 is 1.28 bits per heavy atom. The molecule has 3 rings (SSSR count). The summed E-state index contributed by atoms with van der Waals surface area (Å²) in [5.74, 6) is -0.239. The highest BCUT2D eigenvalue weighted by Crippen LogP contribution is 2.31. The lowest BCUT2D eigenvalue weighted by atomic mass is 10.2. The van der Waals surface area contributed by atoms with Crippen LogP contribution >= 0.6 is 23.4 Å². The van der Waals surface area contributed by atoms with Crippen molar-refractivity contribution in [2.75, 3.05) is 0 Å². The van der Waals surface area contributed by atoms with Gasteiger partial charge in [-0.1, -0.05) is 40.7 Å². The molecule has 0 saturated heterocycles. The van der Waals surface area contributed by atoms with E-state index in [0.717, 1.165) is 16.3 Å². The van der Waals surface area contributed by atoms with Gasteiger partial charge in [0.05, 0.1) is 5.75 Å². The average molecular weight is 390 g/mol. The molecule has 2 heterocycles. The normalized spacial score (nSPS) is 11.9. The summed E-state index contributed by atoms with van der Waals surface area (Å²) >= 11 is 6.96. The molecule has 0 spiro atoms. The van der Waals surface area contributed by atoms with E-state index in [0.29, 0.717) is 16.4 Å². The van der Waals surface area contributed by atoms with Gasteiger partial charge in [0.1, 0.15) is 0 Å². The number of aromatic nitrogens is 5. The number of alkyl halides is 3. The third-order valence-corrected chi connectivity index (χ3v) is 4.35. The molecule has 3 aromatic rings. The standard InChI is InChI=1S/C14H11ClF3N5OS/c1-2-23-12(14(16,17)18)20-21-13(23)25-7-10-19-11(22-24-10)8-4-3-5-9(15)6-8/h3-6H,2,7H2,1H3. The maximum Gasteiger partial charge on any atom is 0.451 e. The molecule has 0 aliphatic heterocycles. The van der Waals surface area contributed by atoms with Crippen molar-refractivity contribution >= 4 is 23.4 Å². The molecule has 0 radical (unpaired) electrons. The van der Waals surface area contributed by atoms with Crippen molar-refractivity contribution in [1.82, 2.24) is 24.9 Å². The second kappa shape index (κ2) is 7.04. The zero-order valence-corrected chi connectivity index (χ0v) is 14.4. The molecule has 0 unspecified atom stereocenters. The Hall–Kier alpha value is -2.07. The van der Waals surface area contributed by atoms with E-state index < -0.39 is 12.0 Å². The van der Waals surface area contributed by atoms with Crippen molar-refractivity contribution in [3.05, 3.63) is 41.0 Å². The van der Waals surface area contributed by atoms with Crippen molar-refractivity contribution in [3.63, 3.8) is 0 Å². The highest BCUT2D eigenvalue weighted by molar-refractivity contribution is 7.98. The molecular weight excluding hydrogens is 379 g/mol. The lowest BCUT2D eigenvalue weighted by molar-refractivity contribution is -0.147. The first-order valence-electron chi connectivity index (χ1n) is 7.10. The van der Waals surface area contributed by atoms with Crippen molar-refractivity contribution in [1.29, 1.82) is 0 Å². The predicted octanol–water partition coefficient (Wildman–Crippen LogP) is 4.31. The molecule has 0 bridgehead atoms. The lowest BCUT2D eigenvalue weighted by Gasteiger charge is -2.08. The fourth-order valence-corrected chi connectivity index (χ4v) is 3.10. The number of rotatable bonds is 5. The number of nitrogens with zero attached hydrogens (tertiary/aromatic N) is 5. The molecule has 1 aromatic carbocycles. The summed E-state index contributed by atoms with van der Waals surface area (Å²) in [5, 5.41) is 11.3. The quantitative estimate of drug-likeness (QED) is 0.605. The monoisotopic (exact) mass is 389 g/mol. The van der Waals surface area contributed by atoms with Gasteiger partial charge in [-0.3, -0.25) is 4.57 Å². The molecule has 0 amide bonds. The Morgan fingerprint density at radius 2 is 2.08 bits per heavy atom. The van der Waals surface area contributed by atoms with E-state index in [2.05, 4.69) is 20.3 Å².